The molecule has 0 bridgehead atoms. The normalized spacial score (nSPS) is 14.1. The van der Waals surface area contributed by atoms with E-state index in [1.165, 1.54) is 13.2 Å². The molecule has 0 atom stereocenters. The third kappa shape index (κ3) is 4.13. The number of ether oxygens (including phenoxy) is 2. The minimum atomic E-state index is -0.383. The third-order valence-corrected chi connectivity index (χ3v) is 5.47. The quantitative estimate of drug-likeness (QED) is 0.627. The lowest BCUT2D eigenvalue weighted by Crippen LogP contribution is -2.36. The van der Waals surface area contributed by atoms with Gasteiger partial charge in [0.15, 0.2) is 5.43 Å². The zero-order chi connectivity index (χ0) is 20.4. The fourth-order valence-electron chi connectivity index (χ4n) is 3.30. The monoisotopic (exact) mass is 457 g/mol. The first kappa shape index (κ1) is 19.5. The summed E-state index contributed by atoms with van der Waals surface area (Å²) in [5, 5.41) is 3.28. The number of amides is 1. The zero-order valence-electron chi connectivity index (χ0n) is 15.8. The molecule has 29 heavy (non-hydrogen) atoms. The number of morpholine rings is 1. The summed E-state index contributed by atoms with van der Waals surface area (Å²) in [7, 11) is 1.54. The van der Waals surface area contributed by atoms with Gasteiger partial charge >= 0.3 is 0 Å². The minimum absolute atomic E-state index is 0.186. The van der Waals surface area contributed by atoms with E-state index in [1.807, 2.05) is 24.3 Å². The minimum Gasteiger partial charge on any atom is -0.497 e. The molecule has 1 aromatic heterocycles. The summed E-state index contributed by atoms with van der Waals surface area (Å²) < 4.78 is 11.2. The predicted molar refractivity (Wildman–Crippen MR) is 116 cm³/mol. The van der Waals surface area contributed by atoms with Crippen molar-refractivity contribution in [1.29, 1.82) is 0 Å². The van der Waals surface area contributed by atoms with E-state index in [1.54, 1.807) is 12.1 Å². The Bertz CT molecular complexity index is 1110. The summed E-state index contributed by atoms with van der Waals surface area (Å²) in [5.41, 5.74) is 2.22. The maximum Gasteiger partial charge on any atom is 0.272 e. The lowest BCUT2D eigenvalue weighted by Gasteiger charge is -2.28. The number of anilines is 2. The SMILES string of the molecule is COc1cc(Br)c2[nH]c(C(=O)Nc3ccc(N4CCOCC4)cc3)cc(=O)c2c1. The standard InChI is InChI=1S/C21H20BrN3O4/c1-28-15-10-16-19(26)12-18(24-20(16)17(22)11-15)21(27)23-13-2-4-14(5-3-13)25-6-8-29-9-7-25/h2-5,10-12H,6-9H2,1H3,(H,23,27)(H,24,26). The Hall–Kier alpha value is -2.84. The van der Waals surface area contributed by atoms with Crippen LogP contribution in [0.3, 0.4) is 0 Å². The van der Waals surface area contributed by atoms with Gasteiger partial charge in [-0.15, -0.1) is 0 Å². The number of nitrogens with one attached hydrogen (secondary N) is 2. The fourth-order valence-corrected chi connectivity index (χ4v) is 3.84. The van der Waals surface area contributed by atoms with Crippen LogP contribution in [-0.4, -0.2) is 44.3 Å². The summed E-state index contributed by atoms with van der Waals surface area (Å²) in [4.78, 5) is 30.5. The number of hydrogen-bond donors (Lipinski definition) is 2. The topological polar surface area (TPSA) is 83.7 Å². The first-order valence-electron chi connectivity index (χ1n) is 9.20. The van der Waals surface area contributed by atoms with Crippen LogP contribution in [0.2, 0.25) is 0 Å². The summed E-state index contributed by atoms with van der Waals surface area (Å²) >= 11 is 3.42. The van der Waals surface area contributed by atoms with Gasteiger partial charge in [-0.3, -0.25) is 9.59 Å². The molecule has 0 spiro atoms. The number of nitrogens with zero attached hydrogens (tertiary/aromatic N) is 1. The van der Waals surface area contributed by atoms with E-state index >= 15 is 0 Å². The molecule has 0 aliphatic carbocycles. The van der Waals surface area contributed by atoms with Crippen molar-refractivity contribution in [2.75, 3.05) is 43.6 Å². The Balaban J connectivity index is 1.56. The highest BCUT2D eigenvalue weighted by Gasteiger charge is 2.14. The number of carbonyl (C=O) groups is 1. The number of aromatic nitrogens is 1. The molecule has 7 nitrogen and oxygen atoms in total. The molecular weight excluding hydrogens is 438 g/mol. The number of benzene rings is 2. The van der Waals surface area contributed by atoms with Crippen molar-refractivity contribution in [1.82, 2.24) is 4.98 Å². The molecule has 4 rings (SSSR count). The average Bonchev–Trinajstić information content (AvgIpc) is 2.75. The molecule has 1 amide bonds. The number of pyridine rings is 1. The van der Waals surface area contributed by atoms with Gasteiger partial charge in [-0.2, -0.15) is 0 Å². The second kappa shape index (κ2) is 8.26. The number of aromatic amines is 1. The number of carbonyl (C=O) groups excluding carboxylic acids is 1. The Morgan fingerprint density at radius 2 is 1.90 bits per heavy atom. The number of methoxy groups -OCH3 is 1. The Morgan fingerprint density at radius 1 is 1.17 bits per heavy atom. The van der Waals surface area contributed by atoms with Crippen LogP contribution in [0.15, 0.2) is 51.7 Å². The van der Waals surface area contributed by atoms with Gasteiger partial charge in [0.25, 0.3) is 5.91 Å². The molecule has 0 radical (unpaired) electrons. The molecule has 2 heterocycles. The number of halogens is 1. The van der Waals surface area contributed by atoms with Crippen molar-refractivity contribution < 1.29 is 14.3 Å². The maximum absolute atomic E-state index is 12.7. The van der Waals surface area contributed by atoms with Crippen LogP contribution in [0.25, 0.3) is 10.9 Å². The van der Waals surface area contributed by atoms with Gasteiger partial charge in [-0.25, -0.2) is 0 Å². The van der Waals surface area contributed by atoms with Crippen LogP contribution < -0.4 is 20.4 Å². The second-order valence-corrected chi connectivity index (χ2v) is 7.53. The first-order chi connectivity index (χ1) is 14.0. The van der Waals surface area contributed by atoms with Crippen LogP contribution in [-0.2, 0) is 4.74 Å². The predicted octanol–water partition coefficient (Wildman–Crippen LogP) is 3.39. The van der Waals surface area contributed by atoms with Crippen molar-refractivity contribution in [2.45, 2.75) is 0 Å². The van der Waals surface area contributed by atoms with E-state index in [0.717, 1.165) is 32.0 Å². The molecule has 2 aromatic carbocycles. The van der Waals surface area contributed by atoms with E-state index in [0.29, 0.717) is 26.8 Å². The Labute approximate surface area is 175 Å². The highest BCUT2D eigenvalue weighted by atomic mass is 79.9. The third-order valence-electron chi connectivity index (χ3n) is 4.85. The number of rotatable bonds is 4. The molecule has 1 aliphatic rings. The Morgan fingerprint density at radius 3 is 2.59 bits per heavy atom. The van der Waals surface area contributed by atoms with Gasteiger partial charge in [0.05, 0.1) is 31.2 Å². The van der Waals surface area contributed by atoms with Gasteiger partial charge in [-0.05, 0) is 52.3 Å². The number of hydrogen-bond acceptors (Lipinski definition) is 5. The zero-order valence-corrected chi connectivity index (χ0v) is 17.4. The summed E-state index contributed by atoms with van der Waals surface area (Å²) in [6, 6.07) is 12.3. The Kier molecular flexibility index (Phi) is 5.55. The van der Waals surface area contributed by atoms with Crippen molar-refractivity contribution in [3.05, 3.63) is 62.9 Å². The van der Waals surface area contributed by atoms with Crippen molar-refractivity contribution >= 4 is 44.1 Å². The molecule has 1 fully saturated rings. The van der Waals surface area contributed by atoms with Crippen LogP contribution in [0.1, 0.15) is 10.5 Å². The maximum atomic E-state index is 12.7. The number of fused-ring (bicyclic) bond motifs is 1. The molecular formula is C21H20BrN3O4. The van der Waals surface area contributed by atoms with E-state index in [9.17, 15) is 9.59 Å². The summed E-state index contributed by atoms with van der Waals surface area (Å²) in [5.74, 6) is 0.179. The molecule has 0 unspecified atom stereocenters. The van der Waals surface area contributed by atoms with Crippen molar-refractivity contribution in [3.63, 3.8) is 0 Å². The van der Waals surface area contributed by atoms with Crippen LogP contribution >= 0.6 is 15.9 Å². The number of H-pyrrole nitrogens is 1. The molecule has 3 aromatic rings. The fraction of sp³-hybridized carbons (Fsp3) is 0.238. The van der Waals surface area contributed by atoms with Crippen LogP contribution in [0, 0.1) is 0 Å². The van der Waals surface area contributed by atoms with Crippen LogP contribution in [0.4, 0.5) is 11.4 Å². The highest BCUT2D eigenvalue weighted by molar-refractivity contribution is 9.10. The lowest BCUT2D eigenvalue weighted by molar-refractivity contribution is 0.102. The second-order valence-electron chi connectivity index (χ2n) is 6.68. The van der Waals surface area contributed by atoms with E-state index < -0.39 is 0 Å². The molecule has 1 aliphatic heterocycles. The summed E-state index contributed by atoms with van der Waals surface area (Å²) in [6.07, 6.45) is 0. The van der Waals surface area contributed by atoms with Gasteiger partial charge in [-0.1, -0.05) is 0 Å². The van der Waals surface area contributed by atoms with E-state index in [-0.39, 0.29) is 17.0 Å². The molecule has 0 saturated carbocycles. The molecule has 1 saturated heterocycles. The highest BCUT2D eigenvalue weighted by Crippen LogP contribution is 2.27. The molecule has 8 heteroatoms. The summed E-state index contributed by atoms with van der Waals surface area (Å²) in [6.45, 7) is 3.14. The van der Waals surface area contributed by atoms with E-state index in [2.05, 4.69) is 31.1 Å². The van der Waals surface area contributed by atoms with Gasteiger partial charge in [0.1, 0.15) is 11.4 Å². The smallest absolute Gasteiger partial charge is 0.272 e. The van der Waals surface area contributed by atoms with Crippen molar-refractivity contribution in [3.8, 4) is 5.75 Å². The largest absolute Gasteiger partial charge is 0.497 e. The van der Waals surface area contributed by atoms with Gasteiger partial charge in [0, 0.05) is 35.0 Å². The lowest BCUT2D eigenvalue weighted by atomic mass is 10.1. The molecule has 2 N–H and O–H groups in total. The van der Waals surface area contributed by atoms with Gasteiger partial charge in [0.2, 0.25) is 0 Å². The van der Waals surface area contributed by atoms with Crippen LogP contribution in [0.5, 0.6) is 5.75 Å². The average molecular weight is 458 g/mol. The van der Waals surface area contributed by atoms with E-state index in [4.69, 9.17) is 9.47 Å². The van der Waals surface area contributed by atoms with Crippen molar-refractivity contribution in [2.24, 2.45) is 0 Å². The first-order valence-corrected chi connectivity index (χ1v) is 9.99. The molecule has 150 valence electrons. The van der Waals surface area contributed by atoms with Gasteiger partial charge < -0.3 is 24.7 Å².